The topological polar surface area (TPSA) is 85.0 Å². The molecule has 0 saturated carbocycles. The molecule has 2 aliphatic heterocycles. The van der Waals surface area contributed by atoms with Crippen molar-refractivity contribution in [3.8, 4) is 0 Å². The summed E-state index contributed by atoms with van der Waals surface area (Å²) >= 11 is 1.76. The first-order chi connectivity index (χ1) is 12.7. The summed E-state index contributed by atoms with van der Waals surface area (Å²) in [5.74, 6) is 1.23. The van der Waals surface area contributed by atoms with Crippen molar-refractivity contribution in [2.75, 3.05) is 18.8 Å². The van der Waals surface area contributed by atoms with E-state index in [2.05, 4.69) is 0 Å². The highest BCUT2D eigenvalue weighted by Gasteiger charge is 2.32. The number of non-ortho nitro benzene ring substituents is 1. The summed E-state index contributed by atoms with van der Waals surface area (Å²) in [5.41, 5.74) is 0.634. The van der Waals surface area contributed by atoms with Gasteiger partial charge >= 0.3 is 6.09 Å². The van der Waals surface area contributed by atoms with Crippen LogP contribution in [0.3, 0.4) is 0 Å². The summed E-state index contributed by atoms with van der Waals surface area (Å²) in [6.07, 6.45) is 1.53. The van der Waals surface area contributed by atoms with Crippen molar-refractivity contribution in [1.29, 1.82) is 0 Å². The molecule has 0 spiro atoms. The van der Waals surface area contributed by atoms with Gasteiger partial charge in [0.05, 0.1) is 16.0 Å². The maximum Gasteiger partial charge on any atom is 0.410 e. The standard InChI is InChI=1S/C19H25N3O4S/c1-19(2,3)26-18(23)21-10-8-14(9-11-21)17-20-16(12-27-17)13-4-6-15(7-5-13)22(24)25/h4-7,14,16H,8-12H2,1-3H3. The number of carbonyl (C=O) groups excluding carboxylic acids is 1. The number of rotatable bonds is 3. The first-order valence-electron chi connectivity index (χ1n) is 9.16. The van der Waals surface area contributed by atoms with Gasteiger partial charge in [-0.1, -0.05) is 12.1 Å². The lowest BCUT2D eigenvalue weighted by Gasteiger charge is -2.33. The number of nitro benzene ring substituents is 1. The average Bonchev–Trinajstić information content (AvgIpc) is 3.10. The highest BCUT2D eigenvalue weighted by atomic mass is 32.2. The maximum atomic E-state index is 12.2. The van der Waals surface area contributed by atoms with Gasteiger partial charge in [-0.2, -0.15) is 0 Å². The first-order valence-corrected chi connectivity index (χ1v) is 10.1. The first kappa shape index (κ1) is 19.7. The number of aliphatic imine (C=N–C) groups is 1. The number of thioether (sulfide) groups is 1. The lowest BCUT2D eigenvalue weighted by molar-refractivity contribution is -0.384. The van der Waals surface area contributed by atoms with Crippen LogP contribution in [0.1, 0.15) is 45.2 Å². The Morgan fingerprint density at radius 2 is 1.89 bits per heavy atom. The molecule has 0 aromatic heterocycles. The smallest absolute Gasteiger partial charge is 0.410 e. The molecule has 2 heterocycles. The van der Waals surface area contributed by atoms with Gasteiger partial charge in [0.25, 0.3) is 5.69 Å². The van der Waals surface area contributed by atoms with Crippen LogP contribution in [0.4, 0.5) is 10.5 Å². The normalized spacial score (nSPS) is 21.1. The second-order valence-corrected chi connectivity index (χ2v) is 8.92. The SMILES string of the molecule is CC(C)(C)OC(=O)N1CCC(C2=NC(c3ccc([N+](=O)[O-])cc3)CS2)CC1. The van der Waals surface area contributed by atoms with Gasteiger partial charge in [-0.05, 0) is 39.2 Å². The molecule has 2 aliphatic rings. The van der Waals surface area contributed by atoms with E-state index in [9.17, 15) is 14.9 Å². The van der Waals surface area contributed by atoms with E-state index in [1.54, 1.807) is 28.8 Å². The number of hydrogen-bond acceptors (Lipinski definition) is 6. The Kier molecular flexibility index (Phi) is 5.74. The van der Waals surface area contributed by atoms with Crippen LogP contribution >= 0.6 is 11.8 Å². The number of carbonyl (C=O) groups is 1. The van der Waals surface area contributed by atoms with Crippen molar-refractivity contribution in [2.45, 2.75) is 45.3 Å². The number of nitro groups is 1. The monoisotopic (exact) mass is 391 g/mol. The molecule has 3 rings (SSSR count). The number of hydrogen-bond donors (Lipinski definition) is 0. The third-order valence-corrected chi connectivity index (χ3v) is 5.87. The van der Waals surface area contributed by atoms with Crippen molar-refractivity contribution in [3.63, 3.8) is 0 Å². The highest BCUT2D eigenvalue weighted by Crippen LogP contribution is 2.36. The second-order valence-electron chi connectivity index (χ2n) is 7.88. The van der Waals surface area contributed by atoms with Gasteiger partial charge in [0, 0.05) is 36.9 Å². The number of ether oxygens (including phenoxy) is 1. The Balaban J connectivity index is 1.56. The fraction of sp³-hybridized carbons (Fsp3) is 0.579. The molecule has 1 amide bonds. The molecular formula is C19H25N3O4S. The average molecular weight is 391 g/mol. The lowest BCUT2D eigenvalue weighted by atomic mass is 9.98. The molecule has 0 aliphatic carbocycles. The number of piperidine rings is 1. The third kappa shape index (κ3) is 5.00. The van der Waals surface area contributed by atoms with Gasteiger partial charge in [-0.25, -0.2) is 4.79 Å². The molecule has 0 radical (unpaired) electrons. The predicted molar refractivity (Wildman–Crippen MR) is 106 cm³/mol. The van der Waals surface area contributed by atoms with Gasteiger partial charge in [0.1, 0.15) is 5.60 Å². The zero-order chi connectivity index (χ0) is 19.6. The van der Waals surface area contributed by atoms with Crippen LogP contribution in [-0.4, -0.2) is 45.4 Å². The number of likely N-dealkylation sites (tertiary alicyclic amines) is 1. The van der Waals surface area contributed by atoms with Crippen LogP contribution in [0.2, 0.25) is 0 Å². The fourth-order valence-electron chi connectivity index (χ4n) is 3.24. The van der Waals surface area contributed by atoms with E-state index < -0.39 is 5.60 Å². The van der Waals surface area contributed by atoms with Gasteiger partial charge in [-0.3, -0.25) is 15.1 Å². The molecule has 1 unspecified atom stereocenters. The molecule has 7 nitrogen and oxygen atoms in total. The predicted octanol–water partition coefficient (Wildman–Crippen LogP) is 4.43. The van der Waals surface area contributed by atoms with Crippen molar-refractivity contribution in [2.24, 2.45) is 10.9 Å². The van der Waals surface area contributed by atoms with Crippen LogP contribution in [0.5, 0.6) is 0 Å². The van der Waals surface area contributed by atoms with E-state index in [1.807, 2.05) is 20.8 Å². The van der Waals surface area contributed by atoms with Crippen molar-refractivity contribution in [1.82, 2.24) is 4.90 Å². The van der Waals surface area contributed by atoms with E-state index in [1.165, 1.54) is 12.1 Å². The number of amides is 1. The van der Waals surface area contributed by atoms with E-state index in [4.69, 9.17) is 9.73 Å². The zero-order valence-electron chi connectivity index (χ0n) is 15.9. The van der Waals surface area contributed by atoms with E-state index >= 15 is 0 Å². The van der Waals surface area contributed by atoms with Crippen LogP contribution < -0.4 is 0 Å². The summed E-state index contributed by atoms with van der Waals surface area (Å²) in [4.78, 5) is 29.2. The minimum absolute atomic E-state index is 0.0506. The second kappa shape index (κ2) is 7.88. The molecule has 27 heavy (non-hydrogen) atoms. The summed E-state index contributed by atoms with van der Waals surface area (Å²) in [6.45, 7) is 6.99. The molecule has 1 saturated heterocycles. The Morgan fingerprint density at radius 1 is 1.26 bits per heavy atom. The van der Waals surface area contributed by atoms with Gasteiger partial charge in [0.15, 0.2) is 0 Å². The molecule has 1 fully saturated rings. The molecule has 1 atom stereocenters. The molecule has 146 valence electrons. The number of benzene rings is 1. The van der Waals surface area contributed by atoms with Gasteiger partial charge < -0.3 is 9.64 Å². The van der Waals surface area contributed by atoms with E-state index in [0.717, 1.165) is 29.2 Å². The van der Waals surface area contributed by atoms with Gasteiger partial charge in [0.2, 0.25) is 0 Å². The van der Waals surface area contributed by atoms with Crippen molar-refractivity contribution >= 4 is 28.6 Å². The van der Waals surface area contributed by atoms with Crippen LogP contribution in [0.25, 0.3) is 0 Å². The Bertz CT molecular complexity index is 734. The highest BCUT2D eigenvalue weighted by molar-refractivity contribution is 8.14. The molecular weight excluding hydrogens is 366 g/mol. The van der Waals surface area contributed by atoms with Crippen LogP contribution in [0, 0.1) is 16.0 Å². The quantitative estimate of drug-likeness (QED) is 0.562. The number of nitrogens with zero attached hydrogens (tertiary/aromatic N) is 3. The minimum atomic E-state index is -0.475. The van der Waals surface area contributed by atoms with Crippen molar-refractivity contribution in [3.05, 3.63) is 39.9 Å². The van der Waals surface area contributed by atoms with E-state index in [0.29, 0.717) is 19.0 Å². The Labute approximate surface area is 163 Å². The largest absolute Gasteiger partial charge is 0.444 e. The lowest BCUT2D eigenvalue weighted by Crippen LogP contribution is -2.42. The summed E-state index contributed by atoms with van der Waals surface area (Å²) in [5, 5.41) is 11.9. The molecule has 1 aromatic carbocycles. The van der Waals surface area contributed by atoms with E-state index in [-0.39, 0.29) is 22.7 Å². The zero-order valence-corrected chi connectivity index (χ0v) is 16.7. The van der Waals surface area contributed by atoms with Crippen LogP contribution in [-0.2, 0) is 4.74 Å². The maximum absolute atomic E-state index is 12.2. The summed E-state index contributed by atoms with van der Waals surface area (Å²) in [6, 6.07) is 6.70. The molecule has 0 bridgehead atoms. The van der Waals surface area contributed by atoms with Crippen molar-refractivity contribution < 1.29 is 14.5 Å². The Morgan fingerprint density at radius 3 is 2.44 bits per heavy atom. The molecule has 0 N–H and O–H groups in total. The molecule has 1 aromatic rings. The molecule has 8 heteroatoms. The Hall–Kier alpha value is -2.09. The summed E-state index contributed by atoms with van der Waals surface area (Å²) in [7, 11) is 0. The van der Waals surface area contributed by atoms with Gasteiger partial charge in [-0.15, -0.1) is 11.8 Å². The van der Waals surface area contributed by atoms with Crippen LogP contribution in [0.15, 0.2) is 29.3 Å². The minimum Gasteiger partial charge on any atom is -0.444 e. The summed E-state index contributed by atoms with van der Waals surface area (Å²) < 4.78 is 5.44. The third-order valence-electron chi connectivity index (χ3n) is 4.66. The fourth-order valence-corrected chi connectivity index (χ4v) is 4.51.